The number of nitrogens with zero attached hydrogens (tertiary/aromatic N) is 2. The van der Waals surface area contributed by atoms with E-state index in [1.807, 2.05) is 24.4 Å². The lowest BCUT2D eigenvalue weighted by molar-refractivity contribution is 0.639. The summed E-state index contributed by atoms with van der Waals surface area (Å²) in [6.45, 7) is 2.73. The highest BCUT2D eigenvalue weighted by Crippen LogP contribution is 2.19. The molecular weight excluding hydrogens is 200 g/mol. The van der Waals surface area contributed by atoms with Crippen LogP contribution in [0.15, 0.2) is 30.6 Å². The van der Waals surface area contributed by atoms with E-state index in [1.165, 1.54) is 0 Å². The molecule has 0 fully saturated rings. The number of nitrogens with one attached hydrogen (secondary N) is 1. The smallest absolute Gasteiger partial charge is 0.110 e. The third-order valence-electron chi connectivity index (χ3n) is 2.70. The Kier molecular flexibility index (Phi) is 3.31. The van der Waals surface area contributed by atoms with Gasteiger partial charge in [0.15, 0.2) is 0 Å². The van der Waals surface area contributed by atoms with Gasteiger partial charge in [-0.2, -0.15) is 0 Å². The van der Waals surface area contributed by atoms with Gasteiger partial charge in [0.05, 0.1) is 17.6 Å². The largest absolute Gasteiger partial charge is 0.340 e. The highest BCUT2D eigenvalue weighted by atomic mass is 14.9. The zero-order valence-electron chi connectivity index (χ0n) is 9.35. The summed E-state index contributed by atoms with van der Waals surface area (Å²) in [5.41, 5.74) is 7.54. The van der Waals surface area contributed by atoms with Gasteiger partial charge in [0, 0.05) is 18.7 Å². The predicted octanol–water partition coefficient (Wildman–Crippen LogP) is 1.92. The number of hydrogen-bond donors (Lipinski definition) is 2. The van der Waals surface area contributed by atoms with Crippen molar-refractivity contribution in [2.75, 3.05) is 6.54 Å². The number of aromatic nitrogens is 3. The van der Waals surface area contributed by atoms with Gasteiger partial charge in [0.1, 0.15) is 5.82 Å². The first-order valence-electron chi connectivity index (χ1n) is 5.51. The summed E-state index contributed by atoms with van der Waals surface area (Å²) in [5, 5.41) is 0. The van der Waals surface area contributed by atoms with Gasteiger partial charge in [0.2, 0.25) is 0 Å². The zero-order chi connectivity index (χ0) is 11.4. The summed E-state index contributed by atoms with van der Waals surface area (Å²) in [7, 11) is 0. The Labute approximate surface area is 94.9 Å². The standard InChI is InChI=1S/C12H16N4/c1-2-9(7-13)12-15-8-11(16-12)10-5-3-4-6-14-10/h3-6,8-9H,2,7,13H2,1H3,(H,15,16). The van der Waals surface area contributed by atoms with Crippen LogP contribution in [-0.2, 0) is 0 Å². The van der Waals surface area contributed by atoms with E-state index in [9.17, 15) is 0 Å². The molecule has 0 saturated carbocycles. The van der Waals surface area contributed by atoms with Crippen molar-refractivity contribution >= 4 is 0 Å². The normalized spacial score (nSPS) is 12.6. The Morgan fingerprint density at radius 3 is 2.88 bits per heavy atom. The predicted molar refractivity (Wildman–Crippen MR) is 63.9 cm³/mol. The van der Waals surface area contributed by atoms with Crippen LogP contribution in [-0.4, -0.2) is 21.5 Å². The maximum atomic E-state index is 5.69. The third kappa shape index (κ3) is 2.12. The monoisotopic (exact) mass is 216 g/mol. The number of imidazole rings is 1. The van der Waals surface area contributed by atoms with Crippen LogP contribution < -0.4 is 5.73 Å². The van der Waals surface area contributed by atoms with Crippen LogP contribution in [0.4, 0.5) is 0 Å². The number of rotatable bonds is 4. The lowest BCUT2D eigenvalue weighted by Gasteiger charge is -2.07. The van der Waals surface area contributed by atoms with Crippen molar-refractivity contribution in [2.24, 2.45) is 5.73 Å². The van der Waals surface area contributed by atoms with Gasteiger partial charge < -0.3 is 10.7 Å². The highest BCUT2D eigenvalue weighted by molar-refractivity contribution is 5.52. The molecular formula is C12H16N4. The third-order valence-corrected chi connectivity index (χ3v) is 2.70. The molecule has 0 saturated heterocycles. The molecule has 16 heavy (non-hydrogen) atoms. The van der Waals surface area contributed by atoms with Crippen LogP contribution >= 0.6 is 0 Å². The van der Waals surface area contributed by atoms with Crippen LogP contribution in [0.5, 0.6) is 0 Å². The minimum absolute atomic E-state index is 0.303. The fourth-order valence-corrected chi connectivity index (χ4v) is 1.67. The van der Waals surface area contributed by atoms with Gasteiger partial charge in [-0.1, -0.05) is 13.0 Å². The van der Waals surface area contributed by atoms with Crippen molar-refractivity contribution in [2.45, 2.75) is 19.3 Å². The molecule has 1 atom stereocenters. The lowest BCUT2D eigenvalue weighted by Crippen LogP contribution is -2.12. The van der Waals surface area contributed by atoms with Gasteiger partial charge in [-0.3, -0.25) is 4.98 Å². The summed E-state index contributed by atoms with van der Waals surface area (Å²) >= 11 is 0. The first kappa shape index (κ1) is 10.8. The van der Waals surface area contributed by atoms with Crippen molar-refractivity contribution in [3.8, 4) is 11.4 Å². The molecule has 2 aromatic heterocycles. The number of hydrogen-bond acceptors (Lipinski definition) is 3. The van der Waals surface area contributed by atoms with Gasteiger partial charge in [-0.15, -0.1) is 0 Å². The van der Waals surface area contributed by atoms with Crippen LogP contribution in [0.1, 0.15) is 25.1 Å². The minimum Gasteiger partial charge on any atom is -0.340 e. The fraction of sp³-hybridized carbons (Fsp3) is 0.333. The Balaban J connectivity index is 2.26. The summed E-state index contributed by atoms with van der Waals surface area (Å²) in [4.78, 5) is 11.9. The molecule has 0 aromatic carbocycles. The Morgan fingerprint density at radius 2 is 2.25 bits per heavy atom. The average molecular weight is 216 g/mol. The van der Waals surface area contributed by atoms with Crippen LogP contribution in [0.2, 0.25) is 0 Å². The fourth-order valence-electron chi connectivity index (χ4n) is 1.67. The second kappa shape index (κ2) is 4.90. The first-order chi connectivity index (χ1) is 7.85. The number of H-pyrrole nitrogens is 1. The molecule has 1 unspecified atom stereocenters. The summed E-state index contributed by atoms with van der Waals surface area (Å²) in [5.74, 6) is 1.25. The van der Waals surface area contributed by atoms with E-state index in [0.29, 0.717) is 12.5 Å². The van der Waals surface area contributed by atoms with Crippen molar-refractivity contribution in [3.05, 3.63) is 36.4 Å². The van der Waals surface area contributed by atoms with E-state index < -0.39 is 0 Å². The van der Waals surface area contributed by atoms with Crippen LogP contribution in [0, 0.1) is 0 Å². The van der Waals surface area contributed by atoms with E-state index in [2.05, 4.69) is 21.9 Å². The van der Waals surface area contributed by atoms with Gasteiger partial charge >= 0.3 is 0 Å². The van der Waals surface area contributed by atoms with Crippen LogP contribution in [0.25, 0.3) is 11.4 Å². The Hall–Kier alpha value is -1.68. The summed E-state index contributed by atoms with van der Waals surface area (Å²) in [6, 6.07) is 5.82. The number of aromatic amines is 1. The quantitative estimate of drug-likeness (QED) is 0.820. The Morgan fingerprint density at radius 1 is 1.38 bits per heavy atom. The summed E-state index contributed by atoms with van der Waals surface area (Å²) < 4.78 is 0. The van der Waals surface area contributed by atoms with Crippen molar-refractivity contribution < 1.29 is 0 Å². The second-order valence-electron chi connectivity index (χ2n) is 3.74. The van der Waals surface area contributed by atoms with E-state index in [-0.39, 0.29) is 0 Å². The molecule has 84 valence electrons. The van der Waals surface area contributed by atoms with Crippen molar-refractivity contribution in [3.63, 3.8) is 0 Å². The molecule has 0 radical (unpaired) electrons. The topological polar surface area (TPSA) is 67.6 Å². The maximum absolute atomic E-state index is 5.69. The Bertz CT molecular complexity index is 431. The zero-order valence-corrected chi connectivity index (χ0v) is 9.35. The maximum Gasteiger partial charge on any atom is 0.110 e. The summed E-state index contributed by atoms with van der Waals surface area (Å²) in [6.07, 6.45) is 4.58. The molecule has 0 amide bonds. The first-order valence-corrected chi connectivity index (χ1v) is 5.51. The van der Waals surface area contributed by atoms with E-state index in [4.69, 9.17) is 5.73 Å². The molecule has 0 aliphatic rings. The second-order valence-corrected chi connectivity index (χ2v) is 3.74. The molecule has 0 aliphatic heterocycles. The van der Waals surface area contributed by atoms with Crippen molar-refractivity contribution in [1.82, 2.24) is 15.0 Å². The lowest BCUT2D eigenvalue weighted by atomic mass is 10.1. The molecule has 2 rings (SSSR count). The number of pyridine rings is 1. The van der Waals surface area contributed by atoms with E-state index >= 15 is 0 Å². The number of nitrogens with two attached hydrogens (primary N) is 1. The molecule has 0 aliphatic carbocycles. The van der Waals surface area contributed by atoms with Crippen LogP contribution in [0.3, 0.4) is 0 Å². The molecule has 4 nitrogen and oxygen atoms in total. The van der Waals surface area contributed by atoms with E-state index in [0.717, 1.165) is 23.6 Å². The molecule has 0 spiro atoms. The van der Waals surface area contributed by atoms with Gasteiger partial charge in [-0.05, 0) is 18.6 Å². The molecule has 4 heteroatoms. The molecule has 0 bridgehead atoms. The van der Waals surface area contributed by atoms with Crippen molar-refractivity contribution in [1.29, 1.82) is 0 Å². The minimum atomic E-state index is 0.303. The highest BCUT2D eigenvalue weighted by Gasteiger charge is 2.11. The molecule has 2 aromatic rings. The average Bonchev–Trinajstić information content (AvgIpc) is 2.81. The molecule has 3 N–H and O–H groups in total. The van der Waals surface area contributed by atoms with E-state index in [1.54, 1.807) is 6.20 Å². The SMILES string of the molecule is CCC(CN)c1ncc(-c2ccccn2)[nH]1. The van der Waals surface area contributed by atoms with Gasteiger partial charge in [0.25, 0.3) is 0 Å². The molecule has 2 heterocycles. The van der Waals surface area contributed by atoms with Gasteiger partial charge in [-0.25, -0.2) is 4.98 Å².